The van der Waals surface area contributed by atoms with Crippen molar-refractivity contribution in [2.24, 2.45) is 16.7 Å². The van der Waals surface area contributed by atoms with Crippen LogP contribution in [0.2, 0.25) is 0 Å². The smallest absolute Gasteiger partial charge is 0.329 e. The first-order valence-corrected chi connectivity index (χ1v) is 10.2. The first-order chi connectivity index (χ1) is 12.0. The first-order valence-electron chi connectivity index (χ1n) is 10.2. The van der Waals surface area contributed by atoms with Gasteiger partial charge in [-0.1, -0.05) is 27.7 Å². The van der Waals surface area contributed by atoms with Crippen molar-refractivity contribution in [2.45, 2.75) is 91.8 Å². The lowest BCUT2D eigenvalue weighted by Crippen LogP contribution is -2.49. The van der Waals surface area contributed by atoms with Crippen LogP contribution >= 0.6 is 0 Å². The Morgan fingerprint density at radius 3 is 2.38 bits per heavy atom. The van der Waals surface area contributed by atoms with Gasteiger partial charge in [-0.15, -0.1) is 0 Å². The van der Waals surface area contributed by atoms with Crippen LogP contribution in [-0.4, -0.2) is 48.6 Å². The Morgan fingerprint density at radius 2 is 1.85 bits per heavy atom. The van der Waals surface area contributed by atoms with E-state index >= 15 is 0 Å². The number of hydrogen-bond donors (Lipinski definition) is 1. The van der Waals surface area contributed by atoms with Crippen LogP contribution in [0.25, 0.3) is 0 Å². The Labute approximate surface area is 159 Å². The van der Waals surface area contributed by atoms with Crippen molar-refractivity contribution in [3.05, 3.63) is 0 Å². The molecule has 1 saturated heterocycles. The average Bonchev–Trinajstić information content (AvgIpc) is 3.12. The third-order valence-corrected chi connectivity index (χ3v) is 7.43. The van der Waals surface area contributed by atoms with Gasteiger partial charge in [-0.25, -0.2) is 4.79 Å². The molecule has 2 rings (SSSR count). The number of carbonyl (C=O) groups is 2. The second-order valence-electron chi connectivity index (χ2n) is 9.52. The van der Waals surface area contributed by atoms with Crippen LogP contribution < -0.4 is 5.32 Å². The number of likely N-dealkylation sites (tertiary alicyclic amines) is 1. The standard InChI is InChI=1S/C21H38N2O3/c1-14(13-16-10-11-20(3,4)21(16,5)6)26-19(25)17-9-8-12-23(17)18(24)15(2)22-7/h14-17,22H,8-13H2,1-7H3/t14?,15-,16?,17?/m0/s1. The Hall–Kier alpha value is -1.10. The summed E-state index contributed by atoms with van der Waals surface area (Å²) in [5.41, 5.74) is 0.560. The molecule has 0 aromatic rings. The number of carbonyl (C=O) groups excluding carboxylic acids is 2. The molecule has 0 aromatic carbocycles. The van der Waals surface area contributed by atoms with Gasteiger partial charge in [-0.2, -0.15) is 0 Å². The summed E-state index contributed by atoms with van der Waals surface area (Å²) in [6, 6.07) is -0.698. The maximum absolute atomic E-state index is 12.7. The molecule has 0 radical (unpaired) electrons. The molecule has 2 fully saturated rings. The van der Waals surface area contributed by atoms with Crippen molar-refractivity contribution >= 4 is 11.9 Å². The molecule has 1 heterocycles. The van der Waals surface area contributed by atoms with Crippen molar-refractivity contribution in [1.29, 1.82) is 0 Å². The fraction of sp³-hybridized carbons (Fsp3) is 0.905. The third-order valence-electron chi connectivity index (χ3n) is 7.43. The van der Waals surface area contributed by atoms with Gasteiger partial charge in [0.1, 0.15) is 6.04 Å². The molecular formula is C21H38N2O3. The SMILES string of the molecule is CN[C@@H](C)C(=O)N1CCCC1C(=O)OC(C)CC1CCC(C)(C)C1(C)C. The van der Waals surface area contributed by atoms with E-state index in [2.05, 4.69) is 33.0 Å². The summed E-state index contributed by atoms with van der Waals surface area (Å²) in [5.74, 6) is 0.311. The molecular weight excluding hydrogens is 328 g/mol. The van der Waals surface area contributed by atoms with E-state index in [1.807, 2.05) is 13.8 Å². The van der Waals surface area contributed by atoms with Gasteiger partial charge in [0.2, 0.25) is 5.91 Å². The molecule has 1 amide bonds. The van der Waals surface area contributed by atoms with Gasteiger partial charge in [-0.3, -0.25) is 4.79 Å². The van der Waals surface area contributed by atoms with Crippen molar-refractivity contribution in [1.82, 2.24) is 10.2 Å². The van der Waals surface area contributed by atoms with Gasteiger partial charge in [-0.05, 0) is 69.7 Å². The van der Waals surface area contributed by atoms with Crippen LogP contribution in [0.3, 0.4) is 0 Å². The molecule has 5 heteroatoms. The summed E-state index contributed by atoms with van der Waals surface area (Å²) in [4.78, 5) is 26.9. The number of nitrogens with one attached hydrogen (secondary N) is 1. The Kier molecular flexibility index (Phi) is 6.42. The van der Waals surface area contributed by atoms with Crippen molar-refractivity contribution in [3.63, 3.8) is 0 Å². The minimum Gasteiger partial charge on any atom is -0.461 e. The van der Waals surface area contributed by atoms with Crippen molar-refractivity contribution < 1.29 is 14.3 Å². The molecule has 1 aliphatic carbocycles. The zero-order valence-corrected chi connectivity index (χ0v) is 17.7. The van der Waals surface area contributed by atoms with E-state index in [-0.39, 0.29) is 29.4 Å². The second-order valence-corrected chi connectivity index (χ2v) is 9.52. The van der Waals surface area contributed by atoms with Gasteiger partial charge in [0, 0.05) is 6.54 Å². The summed E-state index contributed by atoms with van der Waals surface area (Å²) in [7, 11) is 1.76. The maximum atomic E-state index is 12.7. The summed E-state index contributed by atoms with van der Waals surface area (Å²) in [6.07, 6.45) is 4.76. The number of nitrogens with zero attached hydrogens (tertiary/aromatic N) is 1. The van der Waals surface area contributed by atoms with Crippen molar-refractivity contribution in [2.75, 3.05) is 13.6 Å². The molecule has 0 spiro atoms. The lowest BCUT2D eigenvalue weighted by molar-refractivity contribution is -0.158. The van der Waals surface area contributed by atoms with Crippen LogP contribution in [0.5, 0.6) is 0 Å². The number of amides is 1. The average molecular weight is 367 g/mol. The normalized spacial score (nSPS) is 29.4. The van der Waals surface area contributed by atoms with Crippen LogP contribution in [-0.2, 0) is 14.3 Å². The molecule has 0 bridgehead atoms. The van der Waals surface area contributed by atoms with E-state index in [9.17, 15) is 9.59 Å². The molecule has 4 atom stereocenters. The maximum Gasteiger partial charge on any atom is 0.329 e. The van der Waals surface area contributed by atoms with Gasteiger partial charge >= 0.3 is 5.97 Å². The molecule has 1 N–H and O–H groups in total. The summed E-state index contributed by atoms with van der Waals surface area (Å²) >= 11 is 0. The van der Waals surface area contributed by atoms with Crippen LogP contribution in [0.4, 0.5) is 0 Å². The lowest BCUT2D eigenvalue weighted by Gasteiger charge is -2.40. The minimum atomic E-state index is -0.422. The Bertz CT molecular complexity index is 529. The predicted molar refractivity (Wildman–Crippen MR) is 104 cm³/mol. The van der Waals surface area contributed by atoms with E-state index in [4.69, 9.17) is 4.74 Å². The van der Waals surface area contributed by atoms with Crippen molar-refractivity contribution in [3.8, 4) is 0 Å². The van der Waals surface area contributed by atoms with E-state index in [1.165, 1.54) is 12.8 Å². The fourth-order valence-electron chi connectivity index (χ4n) is 4.56. The Morgan fingerprint density at radius 1 is 1.19 bits per heavy atom. The second kappa shape index (κ2) is 7.87. The zero-order chi connectivity index (χ0) is 19.7. The minimum absolute atomic E-state index is 0.0155. The third kappa shape index (κ3) is 4.08. The van der Waals surface area contributed by atoms with E-state index in [0.29, 0.717) is 24.3 Å². The number of likely N-dealkylation sites (N-methyl/N-ethyl adjacent to an activating group) is 1. The molecule has 26 heavy (non-hydrogen) atoms. The highest BCUT2D eigenvalue weighted by Crippen LogP contribution is 2.57. The molecule has 0 aromatic heterocycles. The Balaban J connectivity index is 1.93. The molecule has 1 aliphatic heterocycles. The largest absolute Gasteiger partial charge is 0.461 e. The van der Waals surface area contributed by atoms with Gasteiger partial charge in [0.15, 0.2) is 0 Å². The highest BCUT2D eigenvalue weighted by molar-refractivity contribution is 5.88. The highest BCUT2D eigenvalue weighted by Gasteiger charge is 2.48. The fourth-order valence-corrected chi connectivity index (χ4v) is 4.56. The highest BCUT2D eigenvalue weighted by atomic mass is 16.5. The monoisotopic (exact) mass is 366 g/mol. The quantitative estimate of drug-likeness (QED) is 0.732. The molecule has 2 aliphatic rings. The molecule has 5 nitrogen and oxygen atoms in total. The summed E-state index contributed by atoms with van der Waals surface area (Å²) in [5, 5.41) is 2.96. The van der Waals surface area contributed by atoms with Gasteiger partial charge in [0.05, 0.1) is 12.1 Å². The van der Waals surface area contributed by atoms with Crippen LogP contribution in [0.1, 0.15) is 73.6 Å². The number of rotatable bonds is 6. The zero-order valence-electron chi connectivity index (χ0n) is 17.7. The van der Waals surface area contributed by atoms with E-state index in [1.54, 1.807) is 11.9 Å². The summed E-state index contributed by atoms with van der Waals surface area (Å²) < 4.78 is 5.80. The predicted octanol–water partition coefficient (Wildman–Crippen LogP) is 3.37. The molecule has 1 saturated carbocycles. The van der Waals surface area contributed by atoms with E-state index < -0.39 is 6.04 Å². The number of esters is 1. The topological polar surface area (TPSA) is 58.6 Å². The van der Waals surface area contributed by atoms with Gasteiger partial charge in [0.25, 0.3) is 0 Å². The van der Waals surface area contributed by atoms with E-state index in [0.717, 1.165) is 12.8 Å². The summed E-state index contributed by atoms with van der Waals surface area (Å²) in [6.45, 7) is 13.8. The molecule has 3 unspecified atom stereocenters. The molecule has 150 valence electrons. The number of hydrogen-bond acceptors (Lipinski definition) is 4. The van der Waals surface area contributed by atoms with Crippen LogP contribution in [0, 0.1) is 16.7 Å². The van der Waals surface area contributed by atoms with Crippen LogP contribution in [0.15, 0.2) is 0 Å². The first kappa shape index (κ1) is 21.2. The number of ether oxygens (including phenoxy) is 1. The lowest BCUT2D eigenvalue weighted by atomic mass is 9.66. The van der Waals surface area contributed by atoms with Gasteiger partial charge < -0.3 is 15.0 Å².